The van der Waals surface area contributed by atoms with Crippen LogP contribution in [-0.2, 0) is 0 Å². The average Bonchev–Trinajstić information content (AvgIpc) is 3.46. The van der Waals surface area contributed by atoms with Crippen LogP contribution in [0.25, 0.3) is 60.2 Å². The van der Waals surface area contributed by atoms with Gasteiger partial charge in [0.2, 0.25) is 0 Å². The Morgan fingerprint density at radius 1 is 0.348 bits per heavy atom. The summed E-state index contributed by atoms with van der Waals surface area (Å²) >= 11 is 0. The van der Waals surface area contributed by atoms with E-state index in [0.29, 0.717) is 0 Å². The summed E-state index contributed by atoms with van der Waals surface area (Å²) in [5.41, 5.74) is 9.42. The second-order valence-corrected chi connectivity index (χ2v) is 11.8. The van der Waals surface area contributed by atoms with Gasteiger partial charge in [0.25, 0.3) is 0 Å². The zero-order chi connectivity index (χ0) is 30.5. The van der Waals surface area contributed by atoms with Crippen LogP contribution in [0.4, 0.5) is 17.1 Å². The van der Waals surface area contributed by atoms with E-state index in [1.54, 1.807) is 0 Å². The fourth-order valence-electron chi connectivity index (χ4n) is 7.12. The van der Waals surface area contributed by atoms with Crippen molar-refractivity contribution in [3.8, 4) is 16.8 Å². The quantitative estimate of drug-likeness (QED) is 0.195. The largest absolute Gasteiger partial charge is 0.310 e. The Bertz CT molecular complexity index is 2470. The third kappa shape index (κ3) is 4.19. The summed E-state index contributed by atoms with van der Waals surface area (Å²) in [6.45, 7) is 0. The van der Waals surface area contributed by atoms with Crippen LogP contribution in [0.2, 0.25) is 0 Å². The summed E-state index contributed by atoms with van der Waals surface area (Å²) in [6.07, 6.45) is 0. The number of hydrogen-bond donors (Lipinski definition) is 0. The molecule has 1 heterocycles. The third-order valence-corrected chi connectivity index (χ3v) is 9.16. The summed E-state index contributed by atoms with van der Waals surface area (Å²) in [4.78, 5) is 2.36. The molecule has 0 aliphatic rings. The molecular weight excluding hydrogens is 556 g/mol. The van der Waals surface area contributed by atoms with Crippen LogP contribution >= 0.6 is 0 Å². The van der Waals surface area contributed by atoms with Gasteiger partial charge >= 0.3 is 0 Å². The van der Waals surface area contributed by atoms with Crippen LogP contribution in [0.3, 0.4) is 0 Å². The Morgan fingerprint density at radius 2 is 0.870 bits per heavy atom. The van der Waals surface area contributed by atoms with Gasteiger partial charge in [-0.25, -0.2) is 0 Å². The number of hydrogen-bond acceptors (Lipinski definition) is 1. The van der Waals surface area contributed by atoms with Gasteiger partial charge in [-0.2, -0.15) is 0 Å². The van der Waals surface area contributed by atoms with Crippen molar-refractivity contribution in [3.63, 3.8) is 0 Å². The van der Waals surface area contributed by atoms with Crippen molar-refractivity contribution in [3.05, 3.63) is 182 Å². The summed E-state index contributed by atoms with van der Waals surface area (Å²) in [5.74, 6) is 0. The number of rotatable bonds is 5. The fraction of sp³-hybridized carbons (Fsp3) is 0. The predicted octanol–water partition coefficient (Wildman–Crippen LogP) is 12.2. The van der Waals surface area contributed by atoms with Crippen LogP contribution in [0.15, 0.2) is 182 Å². The molecule has 9 rings (SSSR count). The van der Waals surface area contributed by atoms with Gasteiger partial charge in [-0.3, -0.25) is 0 Å². The number of aromatic nitrogens is 1. The van der Waals surface area contributed by atoms with Crippen molar-refractivity contribution < 1.29 is 0 Å². The van der Waals surface area contributed by atoms with Crippen molar-refractivity contribution in [2.75, 3.05) is 4.90 Å². The van der Waals surface area contributed by atoms with Crippen molar-refractivity contribution in [2.24, 2.45) is 0 Å². The lowest BCUT2D eigenvalue weighted by Crippen LogP contribution is -2.10. The van der Waals surface area contributed by atoms with E-state index >= 15 is 0 Å². The summed E-state index contributed by atoms with van der Waals surface area (Å²) in [6, 6.07) is 65.7. The summed E-state index contributed by atoms with van der Waals surface area (Å²) in [7, 11) is 0. The van der Waals surface area contributed by atoms with Crippen molar-refractivity contribution in [2.45, 2.75) is 0 Å². The number of benzene rings is 8. The summed E-state index contributed by atoms with van der Waals surface area (Å²) in [5, 5.41) is 7.45. The van der Waals surface area contributed by atoms with E-state index in [4.69, 9.17) is 0 Å². The third-order valence-electron chi connectivity index (χ3n) is 9.16. The highest BCUT2D eigenvalue weighted by molar-refractivity contribution is 6.11. The van der Waals surface area contributed by atoms with Gasteiger partial charge in [-0.1, -0.05) is 133 Å². The van der Waals surface area contributed by atoms with Gasteiger partial charge in [0.15, 0.2) is 0 Å². The van der Waals surface area contributed by atoms with Gasteiger partial charge in [-0.05, 0) is 70.3 Å². The second kappa shape index (κ2) is 10.8. The SMILES string of the molecule is c1ccc(N(c2ccc(-c3c(-n4c5ccccc5c5ccccc54)ccc4ccccc34)cc2)c2cccc3ccccc23)cc1. The highest BCUT2D eigenvalue weighted by Gasteiger charge is 2.19. The lowest BCUT2D eigenvalue weighted by molar-refractivity contribution is 1.19. The zero-order valence-electron chi connectivity index (χ0n) is 25.2. The summed E-state index contributed by atoms with van der Waals surface area (Å²) < 4.78 is 2.44. The van der Waals surface area contributed by atoms with Crippen LogP contribution in [0, 0.1) is 0 Å². The first-order valence-corrected chi connectivity index (χ1v) is 15.8. The molecule has 0 unspecified atom stereocenters. The molecule has 2 heteroatoms. The highest BCUT2D eigenvalue weighted by Crippen LogP contribution is 2.42. The van der Waals surface area contributed by atoms with Gasteiger partial charge in [0, 0.05) is 33.1 Å². The molecule has 8 aromatic carbocycles. The topological polar surface area (TPSA) is 8.17 Å². The molecule has 0 saturated carbocycles. The van der Waals surface area contributed by atoms with Gasteiger partial charge < -0.3 is 9.47 Å². The first kappa shape index (κ1) is 26.3. The normalized spacial score (nSPS) is 11.5. The van der Waals surface area contributed by atoms with Crippen molar-refractivity contribution >= 4 is 60.4 Å². The number of para-hydroxylation sites is 3. The molecule has 0 aliphatic heterocycles. The Kier molecular flexibility index (Phi) is 6.17. The highest BCUT2D eigenvalue weighted by atomic mass is 15.1. The smallest absolute Gasteiger partial charge is 0.0547 e. The maximum absolute atomic E-state index is 2.44. The molecular formula is C44H30N2. The maximum atomic E-state index is 2.44. The molecule has 0 fully saturated rings. The molecule has 2 nitrogen and oxygen atoms in total. The molecule has 0 bridgehead atoms. The van der Waals surface area contributed by atoms with Gasteiger partial charge in [0.05, 0.1) is 22.4 Å². The Morgan fingerprint density at radius 3 is 1.57 bits per heavy atom. The van der Waals surface area contributed by atoms with Gasteiger partial charge in [-0.15, -0.1) is 0 Å². The van der Waals surface area contributed by atoms with E-state index in [1.165, 1.54) is 60.2 Å². The zero-order valence-corrected chi connectivity index (χ0v) is 25.2. The van der Waals surface area contributed by atoms with Crippen molar-refractivity contribution in [1.82, 2.24) is 4.57 Å². The first-order chi connectivity index (χ1) is 22.8. The molecule has 1 aromatic heterocycles. The van der Waals surface area contributed by atoms with Crippen LogP contribution < -0.4 is 4.90 Å². The molecule has 9 aromatic rings. The maximum Gasteiger partial charge on any atom is 0.0547 e. The first-order valence-electron chi connectivity index (χ1n) is 15.8. The molecule has 0 radical (unpaired) electrons. The second-order valence-electron chi connectivity index (χ2n) is 11.8. The molecule has 0 N–H and O–H groups in total. The molecule has 0 atom stereocenters. The number of nitrogens with zero attached hydrogens (tertiary/aromatic N) is 2. The Labute approximate surface area is 268 Å². The molecule has 0 spiro atoms. The van der Waals surface area contributed by atoms with Crippen LogP contribution in [0.5, 0.6) is 0 Å². The molecule has 0 amide bonds. The monoisotopic (exact) mass is 586 g/mol. The van der Waals surface area contributed by atoms with Crippen LogP contribution in [-0.4, -0.2) is 4.57 Å². The van der Waals surface area contributed by atoms with E-state index in [1.807, 2.05) is 0 Å². The molecule has 0 aliphatic carbocycles. The van der Waals surface area contributed by atoms with Crippen LogP contribution in [0.1, 0.15) is 0 Å². The van der Waals surface area contributed by atoms with Gasteiger partial charge in [0.1, 0.15) is 0 Å². The minimum absolute atomic E-state index is 1.12. The number of fused-ring (bicyclic) bond motifs is 5. The van der Waals surface area contributed by atoms with E-state index in [0.717, 1.165) is 17.1 Å². The Hall–Kier alpha value is -6.12. The lowest BCUT2D eigenvalue weighted by atomic mass is 9.95. The fourth-order valence-corrected chi connectivity index (χ4v) is 7.12. The minimum atomic E-state index is 1.12. The number of anilines is 3. The van der Waals surface area contributed by atoms with E-state index < -0.39 is 0 Å². The standard InChI is InChI=1S/C44H30N2/c1-2-16-34(17-3-1)45(40-24-12-15-31-13-4-6-18-36(31)40)35-28-25-33(26-29-35)44-37-19-7-5-14-32(37)27-30-43(44)46-41-22-10-8-20-38(41)39-21-9-11-23-42(39)46/h1-30H. The lowest BCUT2D eigenvalue weighted by Gasteiger charge is -2.27. The molecule has 216 valence electrons. The molecule has 46 heavy (non-hydrogen) atoms. The predicted molar refractivity (Wildman–Crippen MR) is 196 cm³/mol. The minimum Gasteiger partial charge on any atom is -0.310 e. The average molecular weight is 587 g/mol. The van der Waals surface area contributed by atoms with E-state index in [-0.39, 0.29) is 0 Å². The Balaban J connectivity index is 1.27. The molecule has 0 saturated heterocycles. The van der Waals surface area contributed by atoms with E-state index in [9.17, 15) is 0 Å². The van der Waals surface area contributed by atoms with Crippen molar-refractivity contribution in [1.29, 1.82) is 0 Å². The van der Waals surface area contributed by atoms with E-state index in [2.05, 4.69) is 191 Å².